The molecule has 0 aliphatic carbocycles. The summed E-state index contributed by atoms with van der Waals surface area (Å²) in [7, 11) is 0. The Morgan fingerprint density at radius 3 is 2.39 bits per heavy atom. The lowest BCUT2D eigenvalue weighted by molar-refractivity contribution is 0.0219. The molecule has 2 aromatic carbocycles. The SMILES string of the molecule is C[C@@H]1CN(C(=O)OC(C)(C)C)CCN1c1ccc(N2CCN(Cc3ccccc3)[C@@H](C)C2)c(C#N)c1. The van der Waals surface area contributed by atoms with Crippen LogP contribution in [0, 0.1) is 11.3 Å². The Hall–Kier alpha value is -3.24. The topological polar surface area (TPSA) is 63.1 Å². The Morgan fingerprint density at radius 1 is 1.00 bits per heavy atom. The third-order valence-electron chi connectivity index (χ3n) is 7.05. The predicted octanol–water partition coefficient (Wildman–Crippen LogP) is 4.71. The largest absolute Gasteiger partial charge is 0.444 e. The number of anilines is 2. The van der Waals surface area contributed by atoms with Crippen LogP contribution in [-0.4, -0.2) is 72.8 Å². The molecular weight excluding hydrogens is 450 g/mol. The Labute approximate surface area is 215 Å². The van der Waals surface area contributed by atoms with E-state index < -0.39 is 5.60 Å². The Morgan fingerprint density at radius 2 is 1.75 bits per heavy atom. The van der Waals surface area contributed by atoms with Crippen molar-refractivity contribution in [3.05, 3.63) is 59.7 Å². The molecule has 2 atom stereocenters. The monoisotopic (exact) mass is 489 g/mol. The van der Waals surface area contributed by atoms with Crippen molar-refractivity contribution in [2.45, 2.75) is 58.8 Å². The van der Waals surface area contributed by atoms with E-state index in [0.717, 1.165) is 37.6 Å². The first kappa shape index (κ1) is 25.8. The van der Waals surface area contributed by atoms with Crippen LogP contribution in [-0.2, 0) is 11.3 Å². The van der Waals surface area contributed by atoms with Gasteiger partial charge in [-0.25, -0.2) is 4.79 Å². The van der Waals surface area contributed by atoms with Gasteiger partial charge in [0.05, 0.1) is 11.3 Å². The average Bonchev–Trinajstić information content (AvgIpc) is 2.84. The van der Waals surface area contributed by atoms with Gasteiger partial charge in [-0.3, -0.25) is 4.90 Å². The molecular formula is C29H39N5O2. The molecule has 2 aliphatic heterocycles. The Bertz CT molecular complexity index is 1090. The number of piperazine rings is 2. The van der Waals surface area contributed by atoms with Crippen molar-refractivity contribution in [1.29, 1.82) is 5.26 Å². The molecule has 36 heavy (non-hydrogen) atoms. The molecule has 7 heteroatoms. The summed E-state index contributed by atoms with van der Waals surface area (Å²) in [6.45, 7) is 15.7. The zero-order chi connectivity index (χ0) is 25.9. The minimum atomic E-state index is -0.500. The van der Waals surface area contributed by atoms with Crippen LogP contribution < -0.4 is 9.80 Å². The summed E-state index contributed by atoms with van der Waals surface area (Å²) in [4.78, 5) is 21.4. The molecule has 0 radical (unpaired) electrons. The standard InChI is InChI=1S/C29H39N5O2/c1-22-19-32(14-13-31(22)21-24-9-7-6-8-10-24)27-12-11-26(17-25(27)18-30)34-16-15-33(20-23(34)2)28(35)36-29(3,4)5/h6-12,17,22-23H,13-16,19-21H2,1-5H3/t22-,23+/m0/s1. The highest BCUT2D eigenvalue weighted by Gasteiger charge is 2.31. The molecule has 0 unspecified atom stereocenters. The van der Waals surface area contributed by atoms with Crippen LogP contribution in [0.25, 0.3) is 0 Å². The van der Waals surface area contributed by atoms with Crippen LogP contribution in [0.5, 0.6) is 0 Å². The van der Waals surface area contributed by atoms with Gasteiger partial charge in [0.25, 0.3) is 0 Å². The van der Waals surface area contributed by atoms with E-state index in [1.54, 1.807) is 4.90 Å². The molecule has 2 heterocycles. The third kappa shape index (κ3) is 6.11. The zero-order valence-electron chi connectivity index (χ0n) is 22.3. The number of amides is 1. The molecule has 192 valence electrons. The van der Waals surface area contributed by atoms with Crippen LogP contribution >= 0.6 is 0 Å². The van der Waals surface area contributed by atoms with Crippen LogP contribution in [0.2, 0.25) is 0 Å². The number of benzene rings is 2. The van der Waals surface area contributed by atoms with E-state index in [2.05, 4.69) is 77.1 Å². The van der Waals surface area contributed by atoms with E-state index in [0.29, 0.717) is 31.2 Å². The number of carbonyl (C=O) groups is 1. The molecule has 0 spiro atoms. The number of nitriles is 1. The number of carbonyl (C=O) groups excluding carboxylic acids is 1. The van der Waals surface area contributed by atoms with Crippen LogP contribution in [0.1, 0.15) is 45.7 Å². The van der Waals surface area contributed by atoms with Crippen molar-refractivity contribution >= 4 is 17.5 Å². The van der Waals surface area contributed by atoms with E-state index in [1.165, 1.54) is 5.56 Å². The summed E-state index contributed by atoms with van der Waals surface area (Å²) in [5, 5.41) is 10.00. The van der Waals surface area contributed by atoms with Gasteiger partial charge in [0.1, 0.15) is 11.7 Å². The highest BCUT2D eigenvalue weighted by atomic mass is 16.6. The molecule has 2 fully saturated rings. The second kappa shape index (κ2) is 10.8. The summed E-state index contributed by atoms with van der Waals surface area (Å²) in [6, 6.07) is 19.8. The third-order valence-corrected chi connectivity index (χ3v) is 7.05. The summed E-state index contributed by atoms with van der Waals surface area (Å²) in [5.74, 6) is 0. The van der Waals surface area contributed by atoms with Crippen LogP contribution in [0.4, 0.5) is 16.2 Å². The van der Waals surface area contributed by atoms with E-state index in [4.69, 9.17) is 4.74 Å². The predicted molar refractivity (Wildman–Crippen MR) is 144 cm³/mol. The molecule has 4 rings (SSSR count). The van der Waals surface area contributed by atoms with Crippen molar-refractivity contribution in [3.8, 4) is 6.07 Å². The number of nitrogens with zero attached hydrogens (tertiary/aromatic N) is 5. The summed E-state index contributed by atoms with van der Waals surface area (Å²) in [6.07, 6.45) is -0.261. The fourth-order valence-electron chi connectivity index (χ4n) is 5.17. The number of ether oxygens (including phenoxy) is 1. The van der Waals surface area contributed by atoms with E-state index in [-0.39, 0.29) is 12.1 Å². The smallest absolute Gasteiger partial charge is 0.410 e. The fraction of sp³-hybridized carbons (Fsp3) is 0.517. The van der Waals surface area contributed by atoms with E-state index >= 15 is 0 Å². The molecule has 1 amide bonds. The first-order valence-electron chi connectivity index (χ1n) is 13.0. The van der Waals surface area contributed by atoms with Gasteiger partial charge in [0, 0.05) is 63.6 Å². The van der Waals surface area contributed by atoms with Gasteiger partial charge in [-0.15, -0.1) is 0 Å². The van der Waals surface area contributed by atoms with Gasteiger partial charge in [-0.2, -0.15) is 5.26 Å². The highest BCUT2D eigenvalue weighted by Crippen LogP contribution is 2.30. The molecule has 0 saturated carbocycles. The van der Waals surface area contributed by atoms with Crippen molar-refractivity contribution in [2.24, 2.45) is 0 Å². The number of hydrogen-bond donors (Lipinski definition) is 0. The van der Waals surface area contributed by atoms with E-state index in [1.807, 2.05) is 26.8 Å². The molecule has 0 aromatic heterocycles. The van der Waals surface area contributed by atoms with E-state index in [9.17, 15) is 10.1 Å². The van der Waals surface area contributed by atoms with Crippen molar-refractivity contribution in [2.75, 3.05) is 49.1 Å². The van der Waals surface area contributed by atoms with Gasteiger partial charge in [-0.05, 0) is 58.4 Å². The molecule has 2 saturated heterocycles. The zero-order valence-corrected chi connectivity index (χ0v) is 22.3. The molecule has 2 aromatic rings. The van der Waals surface area contributed by atoms with Crippen molar-refractivity contribution in [1.82, 2.24) is 9.80 Å². The Kier molecular flexibility index (Phi) is 7.75. The lowest BCUT2D eigenvalue weighted by atomic mass is 10.1. The Balaban J connectivity index is 1.41. The van der Waals surface area contributed by atoms with Gasteiger partial charge in [-0.1, -0.05) is 30.3 Å². The second-order valence-corrected chi connectivity index (χ2v) is 11.0. The lowest BCUT2D eigenvalue weighted by Gasteiger charge is -2.42. The lowest BCUT2D eigenvalue weighted by Crippen LogP contribution is -2.54. The maximum absolute atomic E-state index is 12.5. The molecule has 7 nitrogen and oxygen atoms in total. The van der Waals surface area contributed by atoms with Gasteiger partial charge >= 0.3 is 6.09 Å². The first-order chi connectivity index (χ1) is 17.1. The van der Waals surface area contributed by atoms with Crippen molar-refractivity contribution in [3.63, 3.8) is 0 Å². The molecule has 0 bridgehead atoms. The van der Waals surface area contributed by atoms with Gasteiger partial charge in [0.15, 0.2) is 0 Å². The first-order valence-corrected chi connectivity index (χ1v) is 13.0. The maximum atomic E-state index is 12.5. The fourth-order valence-corrected chi connectivity index (χ4v) is 5.17. The van der Waals surface area contributed by atoms with Crippen molar-refractivity contribution < 1.29 is 9.53 Å². The molecule has 0 N–H and O–H groups in total. The normalized spacial score (nSPS) is 21.3. The molecule has 2 aliphatic rings. The van der Waals surface area contributed by atoms with Gasteiger partial charge in [0.2, 0.25) is 0 Å². The maximum Gasteiger partial charge on any atom is 0.410 e. The van der Waals surface area contributed by atoms with Crippen LogP contribution in [0.15, 0.2) is 48.5 Å². The quantitative estimate of drug-likeness (QED) is 0.620. The highest BCUT2D eigenvalue weighted by molar-refractivity contribution is 5.70. The summed E-state index contributed by atoms with van der Waals surface area (Å²) in [5.41, 5.74) is 3.58. The minimum absolute atomic E-state index is 0.130. The summed E-state index contributed by atoms with van der Waals surface area (Å²) >= 11 is 0. The number of rotatable bonds is 4. The number of hydrogen-bond acceptors (Lipinski definition) is 6. The minimum Gasteiger partial charge on any atom is -0.444 e. The van der Waals surface area contributed by atoms with Crippen LogP contribution in [0.3, 0.4) is 0 Å². The van der Waals surface area contributed by atoms with Gasteiger partial charge < -0.3 is 19.4 Å². The average molecular weight is 490 g/mol. The second-order valence-electron chi connectivity index (χ2n) is 11.0. The summed E-state index contributed by atoms with van der Waals surface area (Å²) < 4.78 is 5.55.